The molecule has 1 aliphatic rings. The Kier molecular flexibility index (Phi) is 4.77. The molecule has 0 spiro atoms. The monoisotopic (exact) mass is 280 g/mol. The molecule has 0 radical (unpaired) electrons. The Hall–Kier alpha value is -1.40. The van der Waals surface area contributed by atoms with Gasteiger partial charge >= 0.3 is 0 Å². The van der Waals surface area contributed by atoms with Crippen LogP contribution in [0.25, 0.3) is 0 Å². The van der Waals surface area contributed by atoms with Crippen LogP contribution in [0.1, 0.15) is 25.6 Å². The van der Waals surface area contributed by atoms with Gasteiger partial charge in [0.1, 0.15) is 17.5 Å². The van der Waals surface area contributed by atoms with E-state index in [0.717, 1.165) is 24.0 Å². The van der Waals surface area contributed by atoms with Gasteiger partial charge in [0.25, 0.3) is 0 Å². The maximum absolute atomic E-state index is 10.6. The van der Waals surface area contributed by atoms with Crippen LogP contribution in [0.4, 0.5) is 11.6 Å². The number of likely N-dealkylation sites (N-methyl/N-ethyl adjacent to an activating group) is 1. The molecule has 6 nitrogen and oxygen atoms in total. The zero-order valence-electron chi connectivity index (χ0n) is 12.5. The van der Waals surface area contributed by atoms with Gasteiger partial charge in [-0.3, -0.25) is 0 Å². The maximum Gasteiger partial charge on any atom is 0.134 e. The molecule has 0 saturated carbocycles. The summed E-state index contributed by atoms with van der Waals surface area (Å²) >= 11 is 0. The van der Waals surface area contributed by atoms with E-state index in [1.807, 2.05) is 31.9 Å². The third-order valence-corrected chi connectivity index (χ3v) is 3.53. The summed E-state index contributed by atoms with van der Waals surface area (Å²) in [6, 6.07) is 1.92. The van der Waals surface area contributed by atoms with Crippen molar-refractivity contribution in [3.8, 4) is 0 Å². The SMILES string of the molecule is CCNc1cc(N(C)CC2(O)CCOCC2)nc(C)n1. The molecular weight excluding hydrogens is 256 g/mol. The zero-order chi connectivity index (χ0) is 14.6. The highest BCUT2D eigenvalue weighted by atomic mass is 16.5. The van der Waals surface area contributed by atoms with E-state index in [4.69, 9.17) is 4.74 Å². The molecule has 1 aliphatic heterocycles. The predicted molar refractivity (Wildman–Crippen MR) is 79.2 cm³/mol. The molecule has 1 aromatic rings. The molecule has 6 heteroatoms. The van der Waals surface area contributed by atoms with E-state index in [-0.39, 0.29) is 0 Å². The lowest BCUT2D eigenvalue weighted by molar-refractivity contribution is -0.0573. The second-order valence-corrected chi connectivity index (χ2v) is 5.38. The number of ether oxygens (including phenoxy) is 1. The van der Waals surface area contributed by atoms with Gasteiger partial charge < -0.3 is 20.1 Å². The molecule has 1 fully saturated rings. The van der Waals surface area contributed by atoms with Crippen LogP contribution in [0.5, 0.6) is 0 Å². The van der Waals surface area contributed by atoms with E-state index < -0.39 is 5.60 Å². The van der Waals surface area contributed by atoms with Crippen molar-refractivity contribution >= 4 is 11.6 Å². The van der Waals surface area contributed by atoms with Crippen LogP contribution in [-0.2, 0) is 4.74 Å². The van der Waals surface area contributed by atoms with E-state index in [9.17, 15) is 5.11 Å². The molecule has 2 rings (SSSR count). The normalized spacial score (nSPS) is 17.8. The number of aromatic nitrogens is 2. The minimum atomic E-state index is -0.690. The van der Waals surface area contributed by atoms with Crippen molar-refractivity contribution < 1.29 is 9.84 Å². The fourth-order valence-electron chi connectivity index (χ4n) is 2.45. The fraction of sp³-hybridized carbons (Fsp3) is 0.714. The standard InChI is InChI=1S/C14H24N4O2/c1-4-15-12-9-13(17-11(2)16-12)18(3)10-14(19)5-7-20-8-6-14/h9,19H,4-8,10H2,1-3H3,(H,15,16,17). The number of hydrogen-bond acceptors (Lipinski definition) is 6. The van der Waals surface area contributed by atoms with Crippen LogP contribution < -0.4 is 10.2 Å². The lowest BCUT2D eigenvalue weighted by Gasteiger charge is -2.35. The van der Waals surface area contributed by atoms with Gasteiger partial charge in [0.2, 0.25) is 0 Å². The molecule has 0 unspecified atom stereocenters. The van der Waals surface area contributed by atoms with E-state index >= 15 is 0 Å². The summed E-state index contributed by atoms with van der Waals surface area (Å²) in [5, 5.41) is 13.8. The molecule has 1 saturated heterocycles. The van der Waals surface area contributed by atoms with Crippen molar-refractivity contribution in [2.75, 3.05) is 43.6 Å². The Morgan fingerprint density at radius 3 is 2.75 bits per heavy atom. The highest BCUT2D eigenvalue weighted by molar-refractivity contribution is 5.49. The minimum Gasteiger partial charge on any atom is -0.388 e. The molecular formula is C14H24N4O2. The number of aliphatic hydroxyl groups is 1. The second-order valence-electron chi connectivity index (χ2n) is 5.38. The Bertz CT molecular complexity index is 447. The molecule has 0 aliphatic carbocycles. The molecule has 0 aromatic carbocycles. The van der Waals surface area contributed by atoms with Gasteiger partial charge in [-0.05, 0) is 13.8 Å². The first-order chi connectivity index (χ1) is 9.52. The largest absolute Gasteiger partial charge is 0.388 e. The first-order valence-electron chi connectivity index (χ1n) is 7.13. The third kappa shape index (κ3) is 3.80. The summed E-state index contributed by atoms with van der Waals surface area (Å²) in [6.45, 7) is 6.53. The van der Waals surface area contributed by atoms with Gasteiger partial charge in [-0.2, -0.15) is 0 Å². The molecule has 2 heterocycles. The van der Waals surface area contributed by atoms with Crippen molar-refractivity contribution in [3.05, 3.63) is 11.9 Å². The van der Waals surface area contributed by atoms with E-state index in [1.54, 1.807) is 0 Å². The number of aryl methyl sites for hydroxylation is 1. The van der Waals surface area contributed by atoms with Gasteiger partial charge in [0.15, 0.2) is 0 Å². The fourth-order valence-corrected chi connectivity index (χ4v) is 2.45. The second kappa shape index (κ2) is 6.37. The molecule has 0 bridgehead atoms. The van der Waals surface area contributed by atoms with Crippen molar-refractivity contribution in [1.82, 2.24) is 9.97 Å². The number of rotatable bonds is 5. The molecule has 20 heavy (non-hydrogen) atoms. The van der Waals surface area contributed by atoms with E-state index in [1.165, 1.54) is 0 Å². The molecule has 112 valence electrons. The molecule has 2 N–H and O–H groups in total. The highest BCUT2D eigenvalue weighted by Gasteiger charge is 2.31. The van der Waals surface area contributed by atoms with Crippen LogP contribution >= 0.6 is 0 Å². The smallest absolute Gasteiger partial charge is 0.134 e. The molecule has 0 amide bonds. The lowest BCUT2D eigenvalue weighted by Crippen LogP contribution is -2.46. The Labute approximate surface area is 120 Å². The minimum absolute atomic E-state index is 0.554. The molecule has 1 aromatic heterocycles. The van der Waals surface area contributed by atoms with Crippen LogP contribution in [0.3, 0.4) is 0 Å². The average molecular weight is 280 g/mol. The first-order valence-corrected chi connectivity index (χ1v) is 7.13. The topological polar surface area (TPSA) is 70.5 Å². The van der Waals surface area contributed by atoms with Crippen molar-refractivity contribution in [3.63, 3.8) is 0 Å². The van der Waals surface area contributed by atoms with E-state index in [2.05, 4.69) is 15.3 Å². The van der Waals surface area contributed by atoms with Gasteiger partial charge in [-0.25, -0.2) is 9.97 Å². The van der Waals surface area contributed by atoms with Gasteiger partial charge in [-0.1, -0.05) is 0 Å². The average Bonchev–Trinajstić information content (AvgIpc) is 2.38. The van der Waals surface area contributed by atoms with Crippen LogP contribution in [0.15, 0.2) is 6.07 Å². The van der Waals surface area contributed by atoms with E-state index in [0.29, 0.717) is 32.6 Å². The number of nitrogens with one attached hydrogen (secondary N) is 1. The van der Waals surface area contributed by atoms with Gasteiger partial charge in [0.05, 0.1) is 5.60 Å². The van der Waals surface area contributed by atoms with Crippen molar-refractivity contribution in [2.45, 2.75) is 32.3 Å². The first kappa shape index (κ1) is 15.0. The summed E-state index contributed by atoms with van der Waals surface area (Å²) < 4.78 is 5.31. The summed E-state index contributed by atoms with van der Waals surface area (Å²) in [4.78, 5) is 10.8. The van der Waals surface area contributed by atoms with Crippen molar-refractivity contribution in [2.24, 2.45) is 0 Å². The summed E-state index contributed by atoms with van der Waals surface area (Å²) in [5.74, 6) is 2.37. The maximum atomic E-state index is 10.6. The number of anilines is 2. The Morgan fingerprint density at radius 2 is 2.10 bits per heavy atom. The van der Waals surface area contributed by atoms with Crippen LogP contribution in [0, 0.1) is 6.92 Å². The Balaban J connectivity index is 2.09. The van der Waals surface area contributed by atoms with Crippen LogP contribution in [-0.4, -0.2) is 54.0 Å². The highest BCUT2D eigenvalue weighted by Crippen LogP contribution is 2.24. The molecule has 0 atom stereocenters. The van der Waals surface area contributed by atoms with Crippen LogP contribution in [0.2, 0.25) is 0 Å². The van der Waals surface area contributed by atoms with Gasteiger partial charge in [-0.15, -0.1) is 0 Å². The number of nitrogens with zero attached hydrogens (tertiary/aromatic N) is 3. The van der Waals surface area contributed by atoms with Crippen molar-refractivity contribution in [1.29, 1.82) is 0 Å². The summed E-state index contributed by atoms with van der Waals surface area (Å²) in [7, 11) is 1.95. The Morgan fingerprint density at radius 1 is 1.40 bits per heavy atom. The zero-order valence-corrected chi connectivity index (χ0v) is 12.5. The number of hydrogen-bond donors (Lipinski definition) is 2. The lowest BCUT2D eigenvalue weighted by atomic mass is 9.94. The summed E-state index contributed by atoms with van der Waals surface area (Å²) in [5.41, 5.74) is -0.690. The third-order valence-electron chi connectivity index (χ3n) is 3.53. The van der Waals surface area contributed by atoms with Gasteiger partial charge in [0, 0.05) is 52.3 Å². The quantitative estimate of drug-likeness (QED) is 0.844. The predicted octanol–water partition coefficient (Wildman–Crippen LogP) is 1.19. The summed E-state index contributed by atoms with van der Waals surface area (Å²) in [6.07, 6.45) is 1.34.